The van der Waals surface area contributed by atoms with E-state index < -0.39 is 0 Å². The summed E-state index contributed by atoms with van der Waals surface area (Å²) in [6.07, 6.45) is 3.52. The van der Waals surface area contributed by atoms with Gasteiger partial charge in [0.15, 0.2) is 0 Å². The van der Waals surface area contributed by atoms with Gasteiger partial charge in [-0.15, -0.1) is 0 Å². The summed E-state index contributed by atoms with van der Waals surface area (Å²) >= 11 is 0. The Morgan fingerprint density at radius 3 is 2.76 bits per heavy atom. The van der Waals surface area contributed by atoms with E-state index in [1.807, 2.05) is 56.3 Å². The van der Waals surface area contributed by atoms with Gasteiger partial charge in [-0.25, -0.2) is 0 Å². The lowest BCUT2D eigenvalue weighted by molar-refractivity contribution is 0.102. The standard InChI is InChI=1S/C18H16N2O/c1-12-4-3-5-17(13(12)2)20-18(21)15-6-7-16-11-19-9-8-14(16)10-15/h3-11H,1-2H3,(H,20,21). The average Bonchev–Trinajstić information content (AvgIpc) is 2.51. The fraction of sp³-hybridized carbons (Fsp3) is 0.111. The summed E-state index contributed by atoms with van der Waals surface area (Å²) in [6.45, 7) is 4.05. The van der Waals surface area contributed by atoms with Crippen LogP contribution in [0.2, 0.25) is 0 Å². The quantitative estimate of drug-likeness (QED) is 0.765. The molecule has 3 heteroatoms. The zero-order chi connectivity index (χ0) is 14.8. The smallest absolute Gasteiger partial charge is 0.255 e. The van der Waals surface area contributed by atoms with Gasteiger partial charge in [0, 0.05) is 29.0 Å². The number of fused-ring (bicyclic) bond motifs is 1. The normalized spacial score (nSPS) is 10.6. The highest BCUT2D eigenvalue weighted by atomic mass is 16.1. The van der Waals surface area contributed by atoms with Crippen molar-refractivity contribution < 1.29 is 4.79 Å². The van der Waals surface area contributed by atoms with Crippen molar-refractivity contribution in [3.63, 3.8) is 0 Å². The van der Waals surface area contributed by atoms with Gasteiger partial charge in [0.2, 0.25) is 0 Å². The predicted molar refractivity (Wildman–Crippen MR) is 85.6 cm³/mol. The summed E-state index contributed by atoms with van der Waals surface area (Å²) < 4.78 is 0. The van der Waals surface area contributed by atoms with E-state index >= 15 is 0 Å². The molecule has 3 aromatic rings. The highest BCUT2D eigenvalue weighted by Crippen LogP contribution is 2.20. The van der Waals surface area contributed by atoms with E-state index in [2.05, 4.69) is 10.3 Å². The zero-order valence-electron chi connectivity index (χ0n) is 12.1. The predicted octanol–water partition coefficient (Wildman–Crippen LogP) is 4.10. The third kappa shape index (κ3) is 2.63. The monoisotopic (exact) mass is 276 g/mol. The fourth-order valence-electron chi connectivity index (χ4n) is 2.31. The molecule has 104 valence electrons. The van der Waals surface area contributed by atoms with E-state index in [0.717, 1.165) is 27.6 Å². The van der Waals surface area contributed by atoms with Crippen LogP contribution in [0.3, 0.4) is 0 Å². The van der Waals surface area contributed by atoms with Crippen LogP contribution in [-0.4, -0.2) is 10.9 Å². The van der Waals surface area contributed by atoms with Gasteiger partial charge in [0.25, 0.3) is 5.91 Å². The van der Waals surface area contributed by atoms with Crippen LogP contribution in [0.15, 0.2) is 54.9 Å². The Kier molecular flexibility index (Phi) is 3.40. The summed E-state index contributed by atoms with van der Waals surface area (Å²) in [5.41, 5.74) is 3.76. The highest BCUT2D eigenvalue weighted by Gasteiger charge is 2.09. The number of nitrogens with zero attached hydrogens (tertiary/aromatic N) is 1. The van der Waals surface area contributed by atoms with Crippen LogP contribution in [0.25, 0.3) is 10.8 Å². The number of carbonyl (C=O) groups excluding carboxylic acids is 1. The van der Waals surface area contributed by atoms with Crippen molar-refractivity contribution in [3.05, 3.63) is 71.5 Å². The molecule has 3 nitrogen and oxygen atoms in total. The number of anilines is 1. The van der Waals surface area contributed by atoms with Gasteiger partial charge in [-0.2, -0.15) is 0 Å². The molecule has 0 aliphatic carbocycles. The molecule has 0 fully saturated rings. The molecule has 0 atom stereocenters. The molecular weight excluding hydrogens is 260 g/mol. The Labute approximate surface area is 123 Å². The summed E-state index contributed by atoms with van der Waals surface area (Å²) in [5, 5.41) is 5.02. The number of carbonyl (C=O) groups is 1. The third-order valence-corrected chi connectivity index (χ3v) is 3.76. The lowest BCUT2D eigenvalue weighted by Gasteiger charge is -2.10. The maximum Gasteiger partial charge on any atom is 0.255 e. The molecule has 1 amide bonds. The first-order valence-electron chi connectivity index (χ1n) is 6.86. The minimum atomic E-state index is -0.0950. The molecular formula is C18H16N2O. The number of pyridine rings is 1. The van der Waals surface area contributed by atoms with Crippen molar-refractivity contribution in [2.75, 3.05) is 5.32 Å². The SMILES string of the molecule is Cc1cccc(NC(=O)c2ccc3cnccc3c2)c1C. The Morgan fingerprint density at radius 1 is 1.05 bits per heavy atom. The van der Waals surface area contributed by atoms with Crippen LogP contribution >= 0.6 is 0 Å². The van der Waals surface area contributed by atoms with Crippen LogP contribution in [0.1, 0.15) is 21.5 Å². The van der Waals surface area contributed by atoms with Crippen LogP contribution in [0.4, 0.5) is 5.69 Å². The molecule has 0 aliphatic heterocycles. The van der Waals surface area contributed by atoms with Crippen LogP contribution < -0.4 is 5.32 Å². The average molecular weight is 276 g/mol. The molecule has 0 bridgehead atoms. The summed E-state index contributed by atoms with van der Waals surface area (Å²) in [4.78, 5) is 16.5. The first kappa shape index (κ1) is 13.3. The van der Waals surface area contributed by atoms with E-state index in [1.54, 1.807) is 12.4 Å². The van der Waals surface area contributed by atoms with Crippen molar-refractivity contribution in [3.8, 4) is 0 Å². The summed E-state index contributed by atoms with van der Waals surface area (Å²) in [7, 11) is 0. The number of nitrogens with one attached hydrogen (secondary N) is 1. The molecule has 21 heavy (non-hydrogen) atoms. The van der Waals surface area contributed by atoms with Gasteiger partial charge in [-0.3, -0.25) is 9.78 Å². The number of aryl methyl sites for hydroxylation is 1. The number of hydrogen-bond acceptors (Lipinski definition) is 2. The lowest BCUT2D eigenvalue weighted by Crippen LogP contribution is -2.13. The van der Waals surface area contributed by atoms with E-state index in [1.165, 1.54) is 0 Å². The molecule has 3 rings (SSSR count). The van der Waals surface area contributed by atoms with Crippen molar-refractivity contribution in [1.82, 2.24) is 4.98 Å². The van der Waals surface area contributed by atoms with Crippen LogP contribution in [0, 0.1) is 13.8 Å². The second-order valence-electron chi connectivity index (χ2n) is 5.14. The molecule has 1 N–H and O–H groups in total. The van der Waals surface area contributed by atoms with Gasteiger partial charge >= 0.3 is 0 Å². The van der Waals surface area contributed by atoms with E-state index in [-0.39, 0.29) is 5.91 Å². The third-order valence-electron chi connectivity index (χ3n) is 3.76. The molecule has 0 unspecified atom stereocenters. The maximum absolute atomic E-state index is 12.4. The topological polar surface area (TPSA) is 42.0 Å². The Hall–Kier alpha value is -2.68. The number of amides is 1. The fourth-order valence-corrected chi connectivity index (χ4v) is 2.31. The molecule has 1 aromatic heterocycles. The lowest BCUT2D eigenvalue weighted by atomic mass is 10.1. The number of benzene rings is 2. The van der Waals surface area contributed by atoms with Crippen molar-refractivity contribution in [2.45, 2.75) is 13.8 Å². The molecule has 0 spiro atoms. The van der Waals surface area contributed by atoms with E-state index in [9.17, 15) is 4.79 Å². The van der Waals surface area contributed by atoms with Gasteiger partial charge in [0.1, 0.15) is 0 Å². The van der Waals surface area contributed by atoms with Crippen molar-refractivity contribution in [2.24, 2.45) is 0 Å². The Morgan fingerprint density at radius 2 is 1.90 bits per heavy atom. The number of hydrogen-bond donors (Lipinski definition) is 1. The molecule has 0 aliphatic rings. The molecule has 0 saturated heterocycles. The van der Waals surface area contributed by atoms with Crippen molar-refractivity contribution >= 4 is 22.4 Å². The Bertz CT molecular complexity index is 824. The summed E-state index contributed by atoms with van der Waals surface area (Å²) in [6, 6.07) is 13.4. The van der Waals surface area contributed by atoms with Gasteiger partial charge in [-0.05, 0) is 54.6 Å². The summed E-state index contributed by atoms with van der Waals surface area (Å²) in [5.74, 6) is -0.0950. The van der Waals surface area contributed by atoms with Crippen LogP contribution in [-0.2, 0) is 0 Å². The first-order valence-corrected chi connectivity index (χ1v) is 6.86. The van der Waals surface area contributed by atoms with Crippen molar-refractivity contribution in [1.29, 1.82) is 0 Å². The van der Waals surface area contributed by atoms with Gasteiger partial charge in [0.05, 0.1) is 0 Å². The second-order valence-corrected chi connectivity index (χ2v) is 5.14. The molecule has 0 radical (unpaired) electrons. The number of rotatable bonds is 2. The van der Waals surface area contributed by atoms with E-state index in [0.29, 0.717) is 5.56 Å². The molecule has 2 aromatic carbocycles. The second kappa shape index (κ2) is 5.37. The van der Waals surface area contributed by atoms with Crippen LogP contribution in [0.5, 0.6) is 0 Å². The zero-order valence-corrected chi connectivity index (χ0v) is 12.1. The highest BCUT2D eigenvalue weighted by molar-refractivity contribution is 6.06. The minimum Gasteiger partial charge on any atom is -0.322 e. The van der Waals surface area contributed by atoms with Gasteiger partial charge in [-0.1, -0.05) is 18.2 Å². The Balaban J connectivity index is 1.91. The minimum absolute atomic E-state index is 0.0950. The maximum atomic E-state index is 12.4. The van der Waals surface area contributed by atoms with E-state index in [4.69, 9.17) is 0 Å². The molecule has 0 saturated carbocycles. The first-order chi connectivity index (χ1) is 10.1. The number of aromatic nitrogens is 1. The van der Waals surface area contributed by atoms with Gasteiger partial charge < -0.3 is 5.32 Å². The largest absolute Gasteiger partial charge is 0.322 e. The molecule has 1 heterocycles.